The Hall–Kier alpha value is -3.28. The molecule has 29 heavy (non-hydrogen) atoms. The third kappa shape index (κ3) is 5.38. The highest BCUT2D eigenvalue weighted by Gasteiger charge is 2.18. The van der Waals surface area contributed by atoms with Crippen molar-refractivity contribution in [3.05, 3.63) is 83.9 Å². The molecule has 0 fully saturated rings. The van der Waals surface area contributed by atoms with E-state index in [2.05, 4.69) is 5.32 Å². The third-order valence-electron chi connectivity index (χ3n) is 4.78. The molecule has 0 saturated heterocycles. The lowest BCUT2D eigenvalue weighted by atomic mass is 10.0. The molecule has 2 aromatic carbocycles. The Morgan fingerprint density at radius 1 is 1.03 bits per heavy atom. The van der Waals surface area contributed by atoms with Crippen LogP contribution in [-0.2, 0) is 11.2 Å². The summed E-state index contributed by atoms with van der Waals surface area (Å²) >= 11 is 0. The SMILES string of the molecule is COc1ccc(CCNC(=O)C[C@@H](c2cccc(F)c2)n2cccc2)cc1OC. The number of carbonyl (C=O) groups is 1. The number of nitrogens with zero attached hydrogens (tertiary/aromatic N) is 1. The summed E-state index contributed by atoms with van der Waals surface area (Å²) in [5.41, 5.74) is 1.80. The number of hydrogen-bond donors (Lipinski definition) is 1. The fourth-order valence-electron chi connectivity index (χ4n) is 3.30. The number of methoxy groups -OCH3 is 2. The van der Waals surface area contributed by atoms with Crippen LogP contribution in [0.2, 0.25) is 0 Å². The number of carbonyl (C=O) groups excluding carboxylic acids is 1. The van der Waals surface area contributed by atoms with E-state index in [0.717, 1.165) is 11.1 Å². The van der Waals surface area contributed by atoms with Crippen LogP contribution >= 0.6 is 0 Å². The van der Waals surface area contributed by atoms with E-state index in [4.69, 9.17) is 9.47 Å². The first-order chi connectivity index (χ1) is 14.1. The molecular formula is C23H25FN2O3. The lowest BCUT2D eigenvalue weighted by Crippen LogP contribution is -2.28. The molecule has 0 aliphatic heterocycles. The van der Waals surface area contributed by atoms with E-state index >= 15 is 0 Å². The number of rotatable bonds is 9. The van der Waals surface area contributed by atoms with Crippen LogP contribution in [0.1, 0.15) is 23.6 Å². The van der Waals surface area contributed by atoms with Gasteiger partial charge in [0.2, 0.25) is 5.91 Å². The first kappa shape index (κ1) is 20.5. The Balaban J connectivity index is 1.61. The molecule has 1 aromatic heterocycles. The summed E-state index contributed by atoms with van der Waals surface area (Å²) in [4.78, 5) is 12.6. The minimum atomic E-state index is -0.312. The lowest BCUT2D eigenvalue weighted by molar-refractivity contribution is -0.121. The molecule has 3 rings (SSSR count). The number of aromatic nitrogens is 1. The maximum Gasteiger partial charge on any atom is 0.222 e. The van der Waals surface area contributed by atoms with Crippen molar-refractivity contribution < 1.29 is 18.7 Å². The number of amides is 1. The summed E-state index contributed by atoms with van der Waals surface area (Å²) in [6.07, 6.45) is 4.66. The van der Waals surface area contributed by atoms with Crippen LogP contribution in [0.25, 0.3) is 0 Å². The van der Waals surface area contributed by atoms with Crippen LogP contribution in [0.15, 0.2) is 67.0 Å². The monoisotopic (exact) mass is 396 g/mol. The highest BCUT2D eigenvalue weighted by atomic mass is 19.1. The molecule has 152 valence electrons. The molecule has 0 aliphatic rings. The molecule has 0 aliphatic carbocycles. The van der Waals surface area contributed by atoms with Gasteiger partial charge in [0, 0.05) is 18.9 Å². The quantitative estimate of drug-likeness (QED) is 0.595. The Kier molecular flexibility index (Phi) is 6.89. The van der Waals surface area contributed by atoms with Crippen molar-refractivity contribution >= 4 is 5.91 Å². The second-order valence-electron chi connectivity index (χ2n) is 6.69. The summed E-state index contributed by atoms with van der Waals surface area (Å²) < 4.78 is 26.2. The standard InChI is InChI=1S/C23H25FN2O3/c1-28-21-9-8-17(14-22(21)29-2)10-11-25-23(27)16-20(26-12-3-4-13-26)18-6-5-7-19(24)15-18/h3-9,12-15,20H,10-11,16H2,1-2H3,(H,25,27)/t20-/m0/s1. The van der Waals surface area contributed by atoms with Gasteiger partial charge >= 0.3 is 0 Å². The van der Waals surface area contributed by atoms with Gasteiger partial charge in [0.05, 0.1) is 26.7 Å². The van der Waals surface area contributed by atoms with Gasteiger partial charge in [0.15, 0.2) is 11.5 Å². The highest BCUT2D eigenvalue weighted by molar-refractivity contribution is 5.76. The number of nitrogens with one attached hydrogen (secondary N) is 1. The van der Waals surface area contributed by atoms with Crippen LogP contribution in [0.5, 0.6) is 11.5 Å². The predicted molar refractivity (Wildman–Crippen MR) is 110 cm³/mol. The van der Waals surface area contributed by atoms with E-state index in [1.807, 2.05) is 53.4 Å². The van der Waals surface area contributed by atoms with Crippen molar-refractivity contribution in [3.8, 4) is 11.5 Å². The van der Waals surface area contributed by atoms with Gasteiger partial charge in [-0.2, -0.15) is 0 Å². The third-order valence-corrected chi connectivity index (χ3v) is 4.78. The lowest BCUT2D eigenvalue weighted by Gasteiger charge is -2.19. The molecule has 0 bridgehead atoms. The molecule has 0 unspecified atom stereocenters. The van der Waals surface area contributed by atoms with E-state index in [0.29, 0.717) is 24.5 Å². The summed E-state index contributed by atoms with van der Waals surface area (Å²) in [6, 6.07) is 15.6. The van der Waals surface area contributed by atoms with Gasteiger partial charge in [0.1, 0.15) is 5.82 Å². The zero-order valence-electron chi connectivity index (χ0n) is 16.6. The summed E-state index contributed by atoms with van der Waals surface area (Å²) in [5, 5.41) is 2.96. The number of ether oxygens (including phenoxy) is 2. The molecule has 5 nitrogen and oxygen atoms in total. The van der Waals surface area contributed by atoms with E-state index in [1.165, 1.54) is 12.1 Å². The Morgan fingerprint density at radius 2 is 1.79 bits per heavy atom. The molecule has 0 radical (unpaired) electrons. The Morgan fingerprint density at radius 3 is 2.48 bits per heavy atom. The summed E-state index contributed by atoms with van der Waals surface area (Å²) in [7, 11) is 3.19. The number of benzene rings is 2. The number of hydrogen-bond acceptors (Lipinski definition) is 3. The average Bonchev–Trinajstić information content (AvgIpc) is 3.26. The van der Waals surface area contributed by atoms with Crippen LogP contribution in [-0.4, -0.2) is 31.2 Å². The van der Waals surface area contributed by atoms with Crippen LogP contribution < -0.4 is 14.8 Å². The van der Waals surface area contributed by atoms with Crippen molar-refractivity contribution in [1.82, 2.24) is 9.88 Å². The molecule has 1 amide bonds. The smallest absolute Gasteiger partial charge is 0.222 e. The first-order valence-electron chi connectivity index (χ1n) is 9.46. The first-order valence-corrected chi connectivity index (χ1v) is 9.46. The Bertz CT molecular complexity index is 941. The fraction of sp³-hybridized carbons (Fsp3) is 0.261. The molecule has 0 spiro atoms. The summed E-state index contributed by atoms with van der Waals surface area (Å²) in [6.45, 7) is 0.496. The molecule has 6 heteroatoms. The maximum absolute atomic E-state index is 13.7. The zero-order chi connectivity index (χ0) is 20.6. The second kappa shape index (κ2) is 9.78. The van der Waals surface area contributed by atoms with Gasteiger partial charge in [-0.3, -0.25) is 4.79 Å². The molecule has 1 N–H and O–H groups in total. The highest BCUT2D eigenvalue weighted by Crippen LogP contribution is 2.27. The van der Waals surface area contributed by atoms with Gasteiger partial charge < -0.3 is 19.4 Å². The normalized spacial score (nSPS) is 11.7. The average molecular weight is 396 g/mol. The zero-order valence-corrected chi connectivity index (χ0v) is 16.6. The van der Waals surface area contributed by atoms with Crippen molar-refractivity contribution in [2.45, 2.75) is 18.9 Å². The van der Waals surface area contributed by atoms with Crippen molar-refractivity contribution in [3.63, 3.8) is 0 Å². The number of halogens is 1. The molecule has 1 atom stereocenters. The van der Waals surface area contributed by atoms with Crippen LogP contribution in [0.3, 0.4) is 0 Å². The topological polar surface area (TPSA) is 52.5 Å². The van der Waals surface area contributed by atoms with Crippen molar-refractivity contribution in [2.24, 2.45) is 0 Å². The minimum Gasteiger partial charge on any atom is -0.493 e. The Labute approximate surface area is 170 Å². The molecule has 0 saturated carbocycles. The molecular weight excluding hydrogens is 371 g/mol. The maximum atomic E-state index is 13.7. The van der Waals surface area contributed by atoms with E-state index in [-0.39, 0.29) is 24.2 Å². The summed E-state index contributed by atoms with van der Waals surface area (Å²) in [5.74, 6) is 0.932. The van der Waals surface area contributed by atoms with Gasteiger partial charge in [-0.25, -0.2) is 4.39 Å². The van der Waals surface area contributed by atoms with Gasteiger partial charge in [-0.1, -0.05) is 18.2 Å². The van der Waals surface area contributed by atoms with Gasteiger partial charge in [0.25, 0.3) is 0 Å². The van der Waals surface area contributed by atoms with Crippen molar-refractivity contribution in [2.75, 3.05) is 20.8 Å². The van der Waals surface area contributed by atoms with E-state index < -0.39 is 0 Å². The second-order valence-corrected chi connectivity index (χ2v) is 6.69. The van der Waals surface area contributed by atoms with E-state index in [1.54, 1.807) is 20.3 Å². The van der Waals surface area contributed by atoms with Gasteiger partial charge in [-0.05, 0) is 53.9 Å². The van der Waals surface area contributed by atoms with Crippen LogP contribution in [0, 0.1) is 5.82 Å². The van der Waals surface area contributed by atoms with Gasteiger partial charge in [-0.15, -0.1) is 0 Å². The predicted octanol–water partition coefficient (Wildman–Crippen LogP) is 3.98. The molecule has 1 heterocycles. The van der Waals surface area contributed by atoms with E-state index in [9.17, 15) is 9.18 Å². The van der Waals surface area contributed by atoms with Crippen molar-refractivity contribution in [1.29, 1.82) is 0 Å². The molecule has 3 aromatic rings. The van der Waals surface area contributed by atoms with Crippen LogP contribution in [0.4, 0.5) is 4.39 Å². The fourth-order valence-corrected chi connectivity index (χ4v) is 3.30. The minimum absolute atomic E-state index is 0.0894. The largest absolute Gasteiger partial charge is 0.493 e.